The molecule has 0 bridgehead atoms. The van der Waals surface area contributed by atoms with Crippen molar-refractivity contribution < 1.29 is 39.9 Å². The van der Waals surface area contributed by atoms with E-state index in [-0.39, 0.29) is 28.4 Å². The second kappa shape index (κ2) is 5.77. The molecule has 1 radical (unpaired) electrons. The molecule has 0 aliphatic heterocycles. The maximum atomic E-state index is 10.9. The van der Waals surface area contributed by atoms with Gasteiger partial charge in [0, 0.05) is 17.1 Å². The van der Waals surface area contributed by atoms with E-state index < -0.39 is 17.3 Å². The predicted octanol–water partition coefficient (Wildman–Crippen LogP) is 0.341. The van der Waals surface area contributed by atoms with Gasteiger partial charge in [-0.2, -0.15) is 0 Å². The van der Waals surface area contributed by atoms with Crippen molar-refractivity contribution in [1.29, 1.82) is 0 Å². The zero-order valence-corrected chi connectivity index (χ0v) is 8.36. The number of benzene rings is 1. The van der Waals surface area contributed by atoms with Gasteiger partial charge in [-0.15, -0.1) is 0 Å². The Bertz CT molecular complexity index is 354. The Kier molecular flexibility index (Phi) is 5.40. The van der Waals surface area contributed by atoms with Gasteiger partial charge in [0.05, 0.1) is 0 Å². The Morgan fingerprint density at radius 1 is 1.43 bits per heavy atom. The molecule has 1 unspecified atom stereocenters. The van der Waals surface area contributed by atoms with Crippen molar-refractivity contribution in [2.24, 2.45) is 0 Å². The van der Waals surface area contributed by atoms with E-state index in [1.807, 2.05) is 0 Å². The van der Waals surface area contributed by atoms with Crippen molar-refractivity contribution in [3.05, 3.63) is 29.8 Å². The third-order valence-electron chi connectivity index (χ3n) is 1.27. The zero-order valence-electron chi connectivity index (χ0n) is 6.60. The minimum Gasteiger partial charge on any atom is -0.740 e. The first kappa shape index (κ1) is 13.1. The molecule has 0 aliphatic rings. The van der Waals surface area contributed by atoms with Gasteiger partial charge in [0.1, 0.15) is 22.7 Å². The Balaban J connectivity index is 0.00000169. The predicted molar refractivity (Wildman–Crippen MR) is 42.4 cm³/mol. The molecular formula is C7H5CuO5S-. The second-order valence-corrected chi connectivity index (χ2v) is 2.67. The van der Waals surface area contributed by atoms with E-state index in [0.717, 1.165) is 0 Å². The van der Waals surface area contributed by atoms with Gasteiger partial charge in [-0.25, -0.2) is 9.00 Å². The van der Waals surface area contributed by atoms with Crippen molar-refractivity contribution in [3.63, 3.8) is 0 Å². The Hall–Kier alpha value is -0.881. The Morgan fingerprint density at radius 2 is 2.00 bits per heavy atom. The fourth-order valence-electron chi connectivity index (χ4n) is 0.753. The molecule has 1 aromatic rings. The van der Waals surface area contributed by atoms with Crippen LogP contribution in [-0.2, 0) is 32.6 Å². The molecule has 14 heavy (non-hydrogen) atoms. The van der Waals surface area contributed by atoms with Crippen LogP contribution in [0.4, 0.5) is 0 Å². The minimum absolute atomic E-state index is 0. The van der Waals surface area contributed by atoms with Crippen molar-refractivity contribution in [2.75, 3.05) is 0 Å². The molecule has 0 saturated heterocycles. The van der Waals surface area contributed by atoms with Crippen LogP contribution in [0.15, 0.2) is 24.3 Å². The number of aromatic hydroxyl groups is 1. The number of carbonyl (C=O) groups excluding carboxylic acids is 1. The Labute approximate surface area is 93.0 Å². The number of hydrogen-bond acceptors (Lipinski definition) is 5. The van der Waals surface area contributed by atoms with Gasteiger partial charge in [0.25, 0.3) is 0 Å². The summed E-state index contributed by atoms with van der Waals surface area (Å²) in [5, 5.41) is 9.09. The van der Waals surface area contributed by atoms with Gasteiger partial charge >= 0.3 is 5.97 Å². The molecule has 0 aliphatic carbocycles. The van der Waals surface area contributed by atoms with Gasteiger partial charge < -0.3 is 13.8 Å². The summed E-state index contributed by atoms with van der Waals surface area (Å²) >= 11 is -2.92. The van der Waals surface area contributed by atoms with Crippen molar-refractivity contribution in [3.8, 4) is 5.75 Å². The molecule has 1 aromatic carbocycles. The molecule has 1 atom stereocenters. The minimum atomic E-state index is -2.92. The van der Waals surface area contributed by atoms with E-state index in [2.05, 4.69) is 4.18 Å². The molecule has 0 amide bonds. The van der Waals surface area contributed by atoms with Crippen LogP contribution in [0.5, 0.6) is 5.75 Å². The van der Waals surface area contributed by atoms with Crippen LogP contribution < -0.4 is 0 Å². The maximum absolute atomic E-state index is 10.9. The van der Waals surface area contributed by atoms with Crippen LogP contribution >= 0.6 is 0 Å². The molecular weight excluding hydrogens is 260 g/mol. The normalized spacial score (nSPS) is 11.2. The van der Waals surface area contributed by atoms with E-state index >= 15 is 0 Å². The summed E-state index contributed by atoms with van der Waals surface area (Å²) in [5.74, 6) is -1.43. The van der Waals surface area contributed by atoms with Crippen LogP contribution in [0, 0.1) is 0 Å². The smallest absolute Gasteiger partial charge is 0.355 e. The Morgan fingerprint density at radius 3 is 2.50 bits per heavy atom. The second-order valence-electron chi connectivity index (χ2n) is 2.09. The number of rotatable bonds is 2. The number of para-hydroxylation sites is 1. The van der Waals surface area contributed by atoms with Crippen molar-refractivity contribution in [2.45, 2.75) is 0 Å². The summed E-state index contributed by atoms with van der Waals surface area (Å²) in [6.45, 7) is 0. The molecule has 0 saturated carbocycles. The molecule has 0 aromatic heterocycles. The average Bonchev–Trinajstić information content (AvgIpc) is 2.03. The summed E-state index contributed by atoms with van der Waals surface area (Å²) in [6.07, 6.45) is 0. The molecule has 1 rings (SSSR count). The van der Waals surface area contributed by atoms with Gasteiger partial charge in [0.15, 0.2) is 0 Å². The SMILES string of the molecule is O=C(OS(=O)[O-])c1ccccc1O.[Cu]. The largest absolute Gasteiger partial charge is 0.740 e. The molecule has 81 valence electrons. The van der Waals surface area contributed by atoms with E-state index in [1.165, 1.54) is 24.3 Å². The number of phenols is 1. The van der Waals surface area contributed by atoms with Crippen LogP contribution in [0.3, 0.4) is 0 Å². The topological polar surface area (TPSA) is 86.7 Å². The van der Waals surface area contributed by atoms with Crippen molar-refractivity contribution in [1.82, 2.24) is 0 Å². The first-order chi connectivity index (χ1) is 6.11. The van der Waals surface area contributed by atoms with E-state index in [4.69, 9.17) is 5.11 Å². The van der Waals surface area contributed by atoms with Gasteiger partial charge in [0.2, 0.25) is 0 Å². The summed E-state index contributed by atoms with van der Waals surface area (Å²) < 4.78 is 23.8. The monoisotopic (exact) mass is 264 g/mol. The maximum Gasteiger partial charge on any atom is 0.355 e. The zero-order chi connectivity index (χ0) is 9.84. The molecule has 5 nitrogen and oxygen atoms in total. The number of carbonyl (C=O) groups is 1. The fraction of sp³-hybridized carbons (Fsp3) is 0. The van der Waals surface area contributed by atoms with Gasteiger partial charge in [-0.05, 0) is 12.1 Å². The fourth-order valence-corrected chi connectivity index (χ4v) is 0.966. The molecule has 0 heterocycles. The third-order valence-corrected chi connectivity index (χ3v) is 1.56. The molecule has 0 spiro atoms. The summed E-state index contributed by atoms with van der Waals surface area (Å²) in [5.41, 5.74) is -0.188. The third kappa shape index (κ3) is 3.47. The number of phenolic OH excluding ortho intramolecular Hbond substituents is 1. The average molecular weight is 265 g/mol. The number of hydrogen-bond donors (Lipinski definition) is 1. The van der Waals surface area contributed by atoms with E-state index in [9.17, 15) is 13.6 Å². The van der Waals surface area contributed by atoms with Gasteiger partial charge in [-0.3, -0.25) is 0 Å². The van der Waals surface area contributed by atoms with Crippen LogP contribution in [-0.4, -0.2) is 19.8 Å². The molecule has 7 heteroatoms. The molecule has 0 fully saturated rings. The van der Waals surface area contributed by atoms with Crippen molar-refractivity contribution >= 4 is 17.3 Å². The summed E-state index contributed by atoms with van der Waals surface area (Å²) in [6, 6.07) is 5.49. The van der Waals surface area contributed by atoms with Crippen LogP contribution in [0.2, 0.25) is 0 Å². The first-order valence-electron chi connectivity index (χ1n) is 3.21. The van der Waals surface area contributed by atoms with E-state index in [0.29, 0.717) is 0 Å². The van der Waals surface area contributed by atoms with Crippen LogP contribution in [0.25, 0.3) is 0 Å². The van der Waals surface area contributed by atoms with Gasteiger partial charge in [-0.1, -0.05) is 12.1 Å². The quantitative estimate of drug-likeness (QED) is 0.615. The summed E-state index contributed by atoms with van der Waals surface area (Å²) in [4.78, 5) is 10.9. The van der Waals surface area contributed by atoms with E-state index in [1.54, 1.807) is 0 Å². The standard InChI is InChI=1S/C7H6O5S.Cu/c8-6-4-2-1-3-5(6)7(9)12-13(10)11;/h1-4,8H,(H,10,11);/p-1. The summed E-state index contributed by atoms with van der Waals surface area (Å²) in [7, 11) is 0. The first-order valence-corrected chi connectivity index (χ1v) is 4.21. The molecule has 1 N–H and O–H groups in total. The van der Waals surface area contributed by atoms with Crippen LogP contribution in [0.1, 0.15) is 10.4 Å².